The molecule has 0 aliphatic rings. The largest absolute Gasteiger partial charge is 0.421 e. The van der Waals surface area contributed by atoms with Gasteiger partial charge < -0.3 is 14.3 Å². The highest BCUT2D eigenvalue weighted by Crippen LogP contribution is 2.29. The molecule has 0 saturated heterocycles. The number of hydrogen-bond acceptors (Lipinski definition) is 4. The summed E-state index contributed by atoms with van der Waals surface area (Å²) < 4.78 is 20.8. The number of carbonyl (C=O) groups is 1. The fourth-order valence-corrected chi connectivity index (χ4v) is 3.11. The fraction of sp³-hybridized carbons (Fsp3) is 0.190. The van der Waals surface area contributed by atoms with E-state index in [4.69, 9.17) is 4.42 Å². The van der Waals surface area contributed by atoms with E-state index in [0.717, 1.165) is 16.5 Å². The predicted molar refractivity (Wildman–Crippen MR) is 103 cm³/mol. The molecule has 7 heteroatoms. The molecule has 0 aliphatic carbocycles. The van der Waals surface area contributed by atoms with Crippen LogP contribution in [0.4, 0.5) is 4.39 Å². The zero-order valence-corrected chi connectivity index (χ0v) is 15.4. The lowest BCUT2D eigenvalue weighted by molar-refractivity contribution is -0.121. The second-order valence-corrected chi connectivity index (χ2v) is 6.45. The standard InChI is InChI=1S/C21H19FN4O2/c1-2-20-24-25-21(28-20)17-12-26(18-9-4-3-8-16(17)18)13-19(27)23-11-14-6-5-7-15(22)10-14/h3-10,12H,2,11,13H2,1H3,(H,23,27). The monoisotopic (exact) mass is 378 g/mol. The van der Waals surface area contributed by atoms with E-state index >= 15 is 0 Å². The van der Waals surface area contributed by atoms with E-state index < -0.39 is 0 Å². The van der Waals surface area contributed by atoms with Crippen LogP contribution < -0.4 is 5.32 Å². The number of aryl methyl sites for hydroxylation is 1. The van der Waals surface area contributed by atoms with Gasteiger partial charge in [-0.1, -0.05) is 37.3 Å². The Morgan fingerprint density at radius 1 is 1.18 bits per heavy atom. The molecule has 0 atom stereocenters. The molecule has 2 aromatic heterocycles. The number of nitrogens with zero attached hydrogens (tertiary/aromatic N) is 3. The predicted octanol–water partition coefficient (Wildman–Crippen LogP) is 3.71. The maximum Gasteiger partial charge on any atom is 0.249 e. The second kappa shape index (κ2) is 7.64. The number of hydrogen-bond donors (Lipinski definition) is 1. The van der Waals surface area contributed by atoms with E-state index in [9.17, 15) is 9.18 Å². The Labute approximate surface area is 161 Å². The Balaban J connectivity index is 1.56. The van der Waals surface area contributed by atoms with Crippen LogP contribution in [0.3, 0.4) is 0 Å². The van der Waals surface area contributed by atoms with Crippen molar-refractivity contribution < 1.29 is 13.6 Å². The summed E-state index contributed by atoms with van der Waals surface area (Å²) in [6.45, 7) is 2.35. The fourth-order valence-electron chi connectivity index (χ4n) is 3.11. The third-order valence-electron chi connectivity index (χ3n) is 4.48. The molecular weight excluding hydrogens is 359 g/mol. The van der Waals surface area contributed by atoms with E-state index in [1.54, 1.807) is 12.1 Å². The number of aromatic nitrogens is 3. The molecule has 142 valence electrons. The third-order valence-corrected chi connectivity index (χ3v) is 4.48. The van der Waals surface area contributed by atoms with Crippen molar-refractivity contribution in [1.29, 1.82) is 0 Å². The van der Waals surface area contributed by atoms with Crippen molar-refractivity contribution in [1.82, 2.24) is 20.1 Å². The smallest absolute Gasteiger partial charge is 0.249 e. The quantitative estimate of drug-likeness (QED) is 0.555. The van der Waals surface area contributed by atoms with Crippen molar-refractivity contribution in [3.05, 3.63) is 72.0 Å². The van der Waals surface area contributed by atoms with Crippen molar-refractivity contribution in [3.8, 4) is 11.5 Å². The molecule has 4 aromatic rings. The summed E-state index contributed by atoms with van der Waals surface area (Å²) in [5.41, 5.74) is 2.40. The number of amides is 1. The van der Waals surface area contributed by atoms with Gasteiger partial charge in [0, 0.05) is 30.1 Å². The maximum atomic E-state index is 13.3. The Bertz CT molecular complexity index is 1130. The molecule has 1 N–H and O–H groups in total. The molecule has 28 heavy (non-hydrogen) atoms. The average Bonchev–Trinajstić information content (AvgIpc) is 3.31. The number of fused-ring (bicyclic) bond motifs is 1. The van der Waals surface area contributed by atoms with Crippen molar-refractivity contribution in [2.24, 2.45) is 0 Å². The van der Waals surface area contributed by atoms with Crippen molar-refractivity contribution in [3.63, 3.8) is 0 Å². The molecule has 0 spiro atoms. The molecule has 2 heterocycles. The summed E-state index contributed by atoms with van der Waals surface area (Å²) in [6.07, 6.45) is 2.51. The lowest BCUT2D eigenvalue weighted by Gasteiger charge is -2.07. The number of nitrogens with one attached hydrogen (secondary N) is 1. The van der Waals surface area contributed by atoms with Gasteiger partial charge >= 0.3 is 0 Å². The van der Waals surface area contributed by atoms with Crippen LogP contribution in [0.1, 0.15) is 18.4 Å². The lowest BCUT2D eigenvalue weighted by Crippen LogP contribution is -2.26. The van der Waals surface area contributed by atoms with Gasteiger partial charge in [-0.2, -0.15) is 0 Å². The van der Waals surface area contributed by atoms with Gasteiger partial charge in [-0.3, -0.25) is 4.79 Å². The molecule has 4 rings (SSSR count). The normalized spacial score (nSPS) is 11.1. The minimum absolute atomic E-state index is 0.130. The highest BCUT2D eigenvalue weighted by Gasteiger charge is 2.16. The van der Waals surface area contributed by atoms with Crippen LogP contribution in [0.15, 0.2) is 59.1 Å². The number of benzene rings is 2. The van der Waals surface area contributed by atoms with E-state index in [-0.39, 0.29) is 24.8 Å². The first-order chi connectivity index (χ1) is 13.6. The Morgan fingerprint density at radius 3 is 2.82 bits per heavy atom. The van der Waals surface area contributed by atoms with Gasteiger partial charge in [-0.05, 0) is 23.8 Å². The summed E-state index contributed by atoms with van der Waals surface area (Å²) in [5, 5.41) is 11.9. The van der Waals surface area contributed by atoms with Gasteiger partial charge in [0.1, 0.15) is 12.4 Å². The van der Waals surface area contributed by atoms with Crippen LogP contribution >= 0.6 is 0 Å². The highest BCUT2D eigenvalue weighted by atomic mass is 19.1. The molecule has 6 nitrogen and oxygen atoms in total. The Hall–Kier alpha value is -3.48. The molecular formula is C21H19FN4O2. The van der Waals surface area contributed by atoms with Gasteiger partial charge in [-0.25, -0.2) is 4.39 Å². The van der Waals surface area contributed by atoms with Crippen molar-refractivity contribution in [2.45, 2.75) is 26.4 Å². The van der Waals surface area contributed by atoms with Crippen LogP contribution in [0, 0.1) is 5.82 Å². The summed E-state index contributed by atoms with van der Waals surface area (Å²) >= 11 is 0. The lowest BCUT2D eigenvalue weighted by atomic mass is 10.2. The maximum absolute atomic E-state index is 13.3. The molecule has 0 fully saturated rings. The van der Waals surface area contributed by atoms with Gasteiger partial charge in [-0.15, -0.1) is 10.2 Å². The minimum Gasteiger partial charge on any atom is -0.421 e. The third kappa shape index (κ3) is 3.64. The molecule has 2 aromatic carbocycles. The summed E-state index contributed by atoms with van der Waals surface area (Å²) in [5.74, 6) is 0.516. The first kappa shape index (κ1) is 17.9. The number of halogens is 1. The first-order valence-electron chi connectivity index (χ1n) is 9.06. The van der Waals surface area contributed by atoms with Crippen molar-refractivity contribution >= 4 is 16.8 Å². The second-order valence-electron chi connectivity index (χ2n) is 6.45. The topological polar surface area (TPSA) is 73.0 Å². The molecule has 0 saturated carbocycles. The number of carbonyl (C=O) groups excluding carboxylic acids is 1. The Morgan fingerprint density at radius 2 is 2.04 bits per heavy atom. The zero-order valence-electron chi connectivity index (χ0n) is 15.4. The number of rotatable bonds is 6. The highest BCUT2D eigenvalue weighted by molar-refractivity contribution is 5.94. The van der Waals surface area contributed by atoms with Gasteiger partial charge in [0.05, 0.1) is 5.56 Å². The zero-order chi connectivity index (χ0) is 19.5. The van der Waals surface area contributed by atoms with Crippen molar-refractivity contribution in [2.75, 3.05) is 0 Å². The molecule has 0 unspecified atom stereocenters. The van der Waals surface area contributed by atoms with Crippen LogP contribution in [-0.2, 0) is 24.3 Å². The van der Waals surface area contributed by atoms with Crippen LogP contribution in [0.5, 0.6) is 0 Å². The van der Waals surface area contributed by atoms with Gasteiger partial charge in [0.2, 0.25) is 17.7 Å². The average molecular weight is 378 g/mol. The van der Waals surface area contributed by atoms with Crippen LogP contribution in [0.2, 0.25) is 0 Å². The molecule has 0 radical (unpaired) electrons. The van der Waals surface area contributed by atoms with E-state index in [2.05, 4.69) is 15.5 Å². The minimum atomic E-state index is -0.321. The molecule has 0 bridgehead atoms. The van der Waals surface area contributed by atoms with Gasteiger partial charge in [0.25, 0.3) is 0 Å². The SMILES string of the molecule is CCc1nnc(-c2cn(CC(=O)NCc3cccc(F)c3)c3ccccc23)o1. The van der Waals surface area contributed by atoms with E-state index in [1.165, 1.54) is 12.1 Å². The summed E-state index contributed by atoms with van der Waals surface area (Å²) in [4.78, 5) is 12.4. The van der Waals surface area contributed by atoms with E-state index in [1.807, 2.05) is 42.0 Å². The van der Waals surface area contributed by atoms with E-state index in [0.29, 0.717) is 23.8 Å². The van der Waals surface area contributed by atoms with Gasteiger partial charge in [0.15, 0.2) is 0 Å². The Kier molecular flexibility index (Phi) is 4.89. The van der Waals surface area contributed by atoms with Crippen LogP contribution in [0.25, 0.3) is 22.4 Å². The summed E-state index contributed by atoms with van der Waals surface area (Å²) in [7, 11) is 0. The molecule has 1 amide bonds. The van der Waals surface area contributed by atoms with Crippen LogP contribution in [-0.4, -0.2) is 20.7 Å². The first-order valence-corrected chi connectivity index (χ1v) is 9.06. The summed E-state index contributed by atoms with van der Waals surface area (Å²) in [6, 6.07) is 13.9. The number of para-hydroxylation sites is 1. The molecule has 0 aliphatic heterocycles.